The van der Waals surface area contributed by atoms with Crippen molar-refractivity contribution in [1.82, 2.24) is 0 Å². The molecule has 0 aliphatic heterocycles. The molecule has 1 nitrogen and oxygen atoms in total. The van der Waals surface area contributed by atoms with E-state index in [1.807, 2.05) is 18.2 Å². The minimum atomic E-state index is 0.192. The number of aryl methyl sites for hydroxylation is 1. The van der Waals surface area contributed by atoms with Gasteiger partial charge in [0.2, 0.25) is 0 Å². The molecule has 0 bridgehead atoms. The molecule has 2 heteroatoms. The second-order valence-electron chi connectivity index (χ2n) is 3.20. The minimum absolute atomic E-state index is 0.192. The molecular formula is C11H14OS. The van der Waals surface area contributed by atoms with Crippen LogP contribution in [0.3, 0.4) is 0 Å². The van der Waals surface area contributed by atoms with Gasteiger partial charge >= 0.3 is 0 Å². The minimum Gasteiger partial charge on any atom is -0.300 e. The van der Waals surface area contributed by atoms with Crippen LogP contribution in [-0.4, -0.2) is 5.78 Å². The molecule has 0 N–H and O–H groups in total. The lowest BCUT2D eigenvalue weighted by atomic mass is 10.1. The summed E-state index contributed by atoms with van der Waals surface area (Å²) in [5, 5.41) is 0. The molecule has 1 aromatic rings. The number of hydrogen-bond acceptors (Lipinski definition) is 2. The second-order valence-corrected chi connectivity index (χ2v) is 3.68. The fourth-order valence-electron chi connectivity index (χ4n) is 1.31. The number of carbonyl (C=O) groups is 1. The van der Waals surface area contributed by atoms with Crippen LogP contribution in [0.15, 0.2) is 23.1 Å². The summed E-state index contributed by atoms with van der Waals surface area (Å²) in [7, 11) is 0. The van der Waals surface area contributed by atoms with E-state index in [9.17, 15) is 4.79 Å². The van der Waals surface area contributed by atoms with Crippen molar-refractivity contribution in [2.45, 2.75) is 31.6 Å². The Morgan fingerprint density at radius 3 is 2.62 bits per heavy atom. The van der Waals surface area contributed by atoms with Gasteiger partial charge < -0.3 is 0 Å². The molecule has 1 aromatic carbocycles. The average Bonchev–Trinajstić information content (AvgIpc) is 2.03. The number of benzene rings is 1. The smallest absolute Gasteiger partial charge is 0.134 e. The summed E-state index contributed by atoms with van der Waals surface area (Å²) < 4.78 is 0. The fraction of sp³-hybridized carbons (Fsp3) is 0.364. The lowest BCUT2D eigenvalue weighted by Gasteiger charge is -2.04. The first-order valence-corrected chi connectivity index (χ1v) is 4.88. The van der Waals surface area contributed by atoms with Crippen molar-refractivity contribution in [1.29, 1.82) is 0 Å². The third-order valence-corrected chi connectivity index (χ3v) is 2.40. The Balaban J connectivity index is 2.89. The van der Waals surface area contributed by atoms with Crippen LogP contribution >= 0.6 is 12.6 Å². The molecular weight excluding hydrogens is 180 g/mol. The molecule has 70 valence electrons. The molecule has 0 aromatic heterocycles. The van der Waals surface area contributed by atoms with E-state index < -0.39 is 0 Å². The van der Waals surface area contributed by atoms with Crippen molar-refractivity contribution in [3.8, 4) is 0 Å². The number of ketones is 1. The normalized spacial score (nSPS) is 10.1. The third-order valence-electron chi connectivity index (χ3n) is 1.98. The monoisotopic (exact) mass is 194 g/mol. The highest BCUT2D eigenvalue weighted by Gasteiger charge is 2.01. The van der Waals surface area contributed by atoms with Gasteiger partial charge in [0.15, 0.2) is 0 Å². The van der Waals surface area contributed by atoms with Crippen molar-refractivity contribution in [2.75, 3.05) is 0 Å². The third kappa shape index (κ3) is 2.88. The lowest BCUT2D eigenvalue weighted by molar-refractivity contribution is -0.116. The van der Waals surface area contributed by atoms with E-state index in [0.29, 0.717) is 6.42 Å². The van der Waals surface area contributed by atoms with Crippen LogP contribution in [0.5, 0.6) is 0 Å². The van der Waals surface area contributed by atoms with Crippen molar-refractivity contribution >= 4 is 18.4 Å². The predicted octanol–water partition coefficient (Wildman–Crippen LogP) is 2.67. The summed E-state index contributed by atoms with van der Waals surface area (Å²) in [5.41, 5.74) is 2.28. The van der Waals surface area contributed by atoms with Gasteiger partial charge in [-0.3, -0.25) is 4.79 Å². The van der Waals surface area contributed by atoms with Gasteiger partial charge in [0.05, 0.1) is 0 Å². The van der Waals surface area contributed by atoms with Crippen LogP contribution in [0.25, 0.3) is 0 Å². The van der Waals surface area contributed by atoms with E-state index in [4.69, 9.17) is 0 Å². The maximum absolute atomic E-state index is 10.9. The van der Waals surface area contributed by atoms with Gasteiger partial charge in [-0.1, -0.05) is 19.1 Å². The molecule has 0 aliphatic carbocycles. The van der Waals surface area contributed by atoms with Gasteiger partial charge in [-0.25, -0.2) is 0 Å². The zero-order chi connectivity index (χ0) is 9.84. The highest BCUT2D eigenvalue weighted by Crippen LogP contribution is 2.16. The standard InChI is InChI=1S/C11H14OS/c1-3-10-5-4-9(6-8(2)12)7-11(10)13/h4-5,7,13H,3,6H2,1-2H3. The Morgan fingerprint density at radius 2 is 2.15 bits per heavy atom. The molecule has 0 heterocycles. The zero-order valence-electron chi connectivity index (χ0n) is 8.00. The Labute approximate surface area is 84.6 Å². The maximum atomic E-state index is 10.9. The lowest BCUT2D eigenvalue weighted by Crippen LogP contribution is -1.96. The number of carbonyl (C=O) groups excluding carboxylic acids is 1. The highest BCUT2D eigenvalue weighted by molar-refractivity contribution is 7.80. The first kappa shape index (κ1) is 10.3. The fourth-order valence-corrected chi connectivity index (χ4v) is 1.70. The number of rotatable bonds is 3. The second kappa shape index (κ2) is 4.47. The van der Waals surface area contributed by atoms with Crippen molar-refractivity contribution in [2.24, 2.45) is 0 Å². The quantitative estimate of drug-likeness (QED) is 0.732. The molecule has 0 amide bonds. The molecule has 0 radical (unpaired) electrons. The van der Waals surface area contributed by atoms with Gasteiger partial charge in [-0.05, 0) is 30.5 Å². The molecule has 0 saturated heterocycles. The molecule has 0 spiro atoms. The molecule has 13 heavy (non-hydrogen) atoms. The van der Waals surface area contributed by atoms with Crippen LogP contribution in [0, 0.1) is 0 Å². The van der Waals surface area contributed by atoms with Crippen molar-refractivity contribution < 1.29 is 4.79 Å². The Bertz CT molecular complexity index is 318. The van der Waals surface area contributed by atoms with Gasteiger partial charge in [-0.2, -0.15) is 0 Å². The van der Waals surface area contributed by atoms with Gasteiger partial charge in [-0.15, -0.1) is 12.6 Å². The van der Waals surface area contributed by atoms with E-state index in [1.165, 1.54) is 5.56 Å². The summed E-state index contributed by atoms with van der Waals surface area (Å²) in [6, 6.07) is 6.02. The largest absolute Gasteiger partial charge is 0.300 e. The topological polar surface area (TPSA) is 17.1 Å². The number of thiol groups is 1. The summed E-state index contributed by atoms with van der Waals surface area (Å²) >= 11 is 4.36. The Hall–Kier alpha value is -0.760. The van der Waals surface area contributed by atoms with Crippen molar-refractivity contribution in [3.63, 3.8) is 0 Å². The molecule has 0 saturated carbocycles. The van der Waals surface area contributed by atoms with Crippen LogP contribution < -0.4 is 0 Å². The number of Topliss-reactive ketones (excluding diaryl/α,β-unsaturated/α-hetero) is 1. The van der Waals surface area contributed by atoms with Crippen LogP contribution in [0.1, 0.15) is 25.0 Å². The zero-order valence-corrected chi connectivity index (χ0v) is 8.90. The summed E-state index contributed by atoms with van der Waals surface area (Å²) in [4.78, 5) is 11.8. The Kier molecular flexibility index (Phi) is 3.55. The summed E-state index contributed by atoms with van der Waals surface area (Å²) in [6.45, 7) is 3.70. The summed E-state index contributed by atoms with van der Waals surface area (Å²) in [5.74, 6) is 0.192. The number of hydrogen-bond donors (Lipinski definition) is 1. The Morgan fingerprint density at radius 1 is 1.46 bits per heavy atom. The maximum Gasteiger partial charge on any atom is 0.134 e. The van der Waals surface area contributed by atoms with E-state index in [-0.39, 0.29) is 5.78 Å². The van der Waals surface area contributed by atoms with E-state index in [0.717, 1.165) is 16.9 Å². The van der Waals surface area contributed by atoms with E-state index in [1.54, 1.807) is 6.92 Å². The van der Waals surface area contributed by atoms with Gasteiger partial charge in [0, 0.05) is 11.3 Å². The predicted molar refractivity (Wildman–Crippen MR) is 57.5 cm³/mol. The van der Waals surface area contributed by atoms with Gasteiger partial charge in [0.25, 0.3) is 0 Å². The molecule has 0 fully saturated rings. The molecule has 0 atom stereocenters. The first-order valence-electron chi connectivity index (χ1n) is 4.43. The summed E-state index contributed by atoms with van der Waals surface area (Å²) in [6.07, 6.45) is 1.50. The van der Waals surface area contributed by atoms with Crippen LogP contribution in [0.4, 0.5) is 0 Å². The highest BCUT2D eigenvalue weighted by atomic mass is 32.1. The van der Waals surface area contributed by atoms with Crippen LogP contribution in [0.2, 0.25) is 0 Å². The van der Waals surface area contributed by atoms with E-state index in [2.05, 4.69) is 19.6 Å². The van der Waals surface area contributed by atoms with Gasteiger partial charge in [0.1, 0.15) is 5.78 Å². The molecule has 0 aliphatic rings. The van der Waals surface area contributed by atoms with E-state index >= 15 is 0 Å². The molecule has 1 rings (SSSR count). The van der Waals surface area contributed by atoms with Crippen LogP contribution in [-0.2, 0) is 17.6 Å². The average molecular weight is 194 g/mol. The molecule has 0 unspecified atom stereocenters. The first-order chi connectivity index (χ1) is 6.13. The SMILES string of the molecule is CCc1ccc(CC(C)=O)cc1S. The van der Waals surface area contributed by atoms with Crippen molar-refractivity contribution in [3.05, 3.63) is 29.3 Å².